The number of halogens is 2. The van der Waals surface area contributed by atoms with E-state index in [2.05, 4.69) is 15.3 Å². The molecular weight excluding hydrogens is 271 g/mol. The molecule has 18 heavy (non-hydrogen) atoms. The quantitative estimate of drug-likeness (QED) is 0.905. The van der Waals surface area contributed by atoms with E-state index in [1.165, 1.54) is 0 Å². The molecule has 3 N–H and O–H groups in total. The van der Waals surface area contributed by atoms with Gasteiger partial charge in [0.1, 0.15) is 5.82 Å². The third kappa shape index (κ3) is 3.48. The van der Waals surface area contributed by atoms with Gasteiger partial charge in [-0.2, -0.15) is 4.98 Å². The van der Waals surface area contributed by atoms with Crippen molar-refractivity contribution in [2.75, 3.05) is 17.6 Å². The van der Waals surface area contributed by atoms with Crippen LogP contribution in [0.1, 0.15) is 5.56 Å². The SMILES string of the molecule is Nc1nccc(NCCc2ccc(Cl)cc2Cl)n1. The lowest BCUT2D eigenvalue weighted by Crippen LogP contribution is -2.07. The number of hydrogen-bond acceptors (Lipinski definition) is 4. The van der Waals surface area contributed by atoms with Crippen LogP contribution < -0.4 is 11.1 Å². The van der Waals surface area contributed by atoms with Gasteiger partial charge in [0.25, 0.3) is 0 Å². The van der Waals surface area contributed by atoms with E-state index in [0.717, 1.165) is 12.0 Å². The molecule has 0 radical (unpaired) electrons. The summed E-state index contributed by atoms with van der Waals surface area (Å²) in [5.41, 5.74) is 6.52. The second-order valence-corrected chi connectivity index (χ2v) is 4.56. The van der Waals surface area contributed by atoms with E-state index in [4.69, 9.17) is 28.9 Å². The lowest BCUT2D eigenvalue weighted by atomic mass is 10.1. The normalized spacial score (nSPS) is 10.3. The Morgan fingerprint density at radius 3 is 2.78 bits per heavy atom. The van der Waals surface area contributed by atoms with Crippen molar-refractivity contribution in [1.82, 2.24) is 9.97 Å². The molecule has 2 rings (SSSR count). The van der Waals surface area contributed by atoms with Crippen molar-refractivity contribution in [2.24, 2.45) is 0 Å². The van der Waals surface area contributed by atoms with Gasteiger partial charge in [-0.3, -0.25) is 0 Å². The second-order valence-electron chi connectivity index (χ2n) is 3.71. The molecule has 0 aliphatic rings. The van der Waals surface area contributed by atoms with Crippen LogP contribution in [-0.2, 0) is 6.42 Å². The van der Waals surface area contributed by atoms with Crippen molar-refractivity contribution >= 4 is 35.0 Å². The van der Waals surface area contributed by atoms with Gasteiger partial charge in [-0.1, -0.05) is 29.3 Å². The van der Waals surface area contributed by atoms with Crippen LogP contribution in [0.15, 0.2) is 30.5 Å². The molecule has 1 aromatic heterocycles. The summed E-state index contributed by atoms with van der Waals surface area (Å²) in [4.78, 5) is 7.86. The van der Waals surface area contributed by atoms with Crippen LogP contribution in [0.3, 0.4) is 0 Å². The first-order valence-corrected chi connectivity index (χ1v) is 6.17. The predicted octanol–water partition coefficient (Wildman–Crippen LogP) is 3.02. The first-order valence-electron chi connectivity index (χ1n) is 5.41. The molecule has 1 aromatic carbocycles. The summed E-state index contributed by atoms with van der Waals surface area (Å²) in [6.07, 6.45) is 2.39. The van der Waals surface area contributed by atoms with Crippen LogP contribution in [-0.4, -0.2) is 16.5 Å². The average Bonchev–Trinajstić information content (AvgIpc) is 2.32. The number of nitrogens with two attached hydrogens (primary N) is 1. The smallest absolute Gasteiger partial charge is 0.221 e. The largest absolute Gasteiger partial charge is 0.370 e. The van der Waals surface area contributed by atoms with Crippen molar-refractivity contribution in [3.63, 3.8) is 0 Å². The number of rotatable bonds is 4. The van der Waals surface area contributed by atoms with E-state index in [1.54, 1.807) is 18.3 Å². The van der Waals surface area contributed by atoms with Gasteiger partial charge in [0.15, 0.2) is 0 Å². The summed E-state index contributed by atoms with van der Waals surface area (Å²) in [5, 5.41) is 4.46. The summed E-state index contributed by atoms with van der Waals surface area (Å²) >= 11 is 11.9. The van der Waals surface area contributed by atoms with Gasteiger partial charge in [0.2, 0.25) is 5.95 Å². The van der Waals surface area contributed by atoms with Gasteiger partial charge in [-0.15, -0.1) is 0 Å². The van der Waals surface area contributed by atoms with Gasteiger partial charge in [-0.25, -0.2) is 4.98 Å². The first-order chi connectivity index (χ1) is 8.65. The highest BCUT2D eigenvalue weighted by Crippen LogP contribution is 2.21. The van der Waals surface area contributed by atoms with Crippen LogP contribution in [0, 0.1) is 0 Å². The van der Waals surface area contributed by atoms with Crippen molar-refractivity contribution in [1.29, 1.82) is 0 Å². The molecule has 0 saturated heterocycles. The van der Waals surface area contributed by atoms with Crippen molar-refractivity contribution in [3.8, 4) is 0 Å². The predicted molar refractivity (Wildman–Crippen MR) is 75.1 cm³/mol. The summed E-state index contributed by atoms with van der Waals surface area (Å²) in [7, 11) is 0. The van der Waals surface area contributed by atoms with Crippen molar-refractivity contribution < 1.29 is 0 Å². The number of nitrogens with zero attached hydrogens (tertiary/aromatic N) is 2. The molecule has 0 unspecified atom stereocenters. The maximum absolute atomic E-state index is 6.08. The molecule has 0 fully saturated rings. The van der Waals surface area contributed by atoms with Crippen LogP contribution >= 0.6 is 23.2 Å². The Balaban J connectivity index is 1.92. The van der Waals surface area contributed by atoms with E-state index in [0.29, 0.717) is 22.4 Å². The number of aromatic nitrogens is 2. The summed E-state index contributed by atoms with van der Waals surface area (Å²) < 4.78 is 0. The Morgan fingerprint density at radius 1 is 1.22 bits per heavy atom. The van der Waals surface area contributed by atoms with Crippen LogP contribution in [0.25, 0.3) is 0 Å². The number of nitrogens with one attached hydrogen (secondary N) is 1. The Morgan fingerprint density at radius 2 is 2.06 bits per heavy atom. The fraction of sp³-hybridized carbons (Fsp3) is 0.167. The van der Waals surface area contributed by atoms with Gasteiger partial charge < -0.3 is 11.1 Å². The number of nitrogen functional groups attached to an aromatic ring is 1. The van der Waals surface area contributed by atoms with Gasteiger partial charge in [0, 0.05) is 22.8 Å². The molecule has 1 heterocycles. The molecule has 4 nitrogen and oxygen atoms in total. The third-order valence-corrected chi connectivity index (χ3v) is 2.98. The van der Waals surface area contributed by atoms with Crippen molar-refractivity contribution in [3.05, 3.63) is 46.1 Å². The van der Waals surface area contributed by atoms with Crippen LogP contribution in [0.4, 0.5) is 11.8 Å². The molecule has 94 valence electrons. The second kappa shape index (κ2) is 5.89. The van der Waals surface area contributed by atoms with E-state index >= 15 is 0 Å². The summed E-state index contributed by atoms with van der Waals surface area (Å²) in [6, 6.07) is 7.24. The highest BCUT2D eigenvalue weighted by Gasteiger charge is 2.01. The van der Waals surface area contributed by atoms with Crippen molar-refractivity contribution in [2.45, 2.75) is 6.42 Å². The molecule has 0 spiro atoms. The fourth-order valence-electron chi connectivity index (χ4n) is 1.52. The Bertz CT molecular complexity index is 545. The van der Waals surface area contributed by atoms with E-state index < -0.39 is 0 Å². The number of benzene rings is 1. The molecule has 0 aliphatic carbocycles. The lowest BCUT2D eigenvalue weighted by Gasteiger charge is -2.07. The Hall–Kier alpha value is -1.52. The van der Waals surface area contributed by atoms with E-state index in [9.17, 15) is 0 Å². The van der Waals surface area contributed by atoms with Gasteiger partial charge in [-0.05, 0) is 30.2 Å². The molecule has 0 atom stereocenters. The molecule has 0 aliphatic heterocycles. The zero-order chi connectivity index (χ0) is 13.0. The van der Waals surface area contributed by atoms with Crippen LogP contribution in [0.2, 0.25) is 10.0 Å². The van der Waals surface area contributed by atoms with Gasteiger partial charge in [0.05, 0.1) is 0 Å². The zero-order valence-electron chi connectivity index (χ0n) is 9.53. The molecule has 6 heteroatoms. The molecule has 0 amide bonds. The Kier molecular flexibility index (Phi) is 4.23. The average molecular weight is 283 g/mol. The minimum absolute atomic E-state index is 0.254. The highest BCUT2D eigenvalue weighted by atomic mass is 35.5. The molecule has 2 aromatic rings. The molecule has 0 bridgehead atoms. The minimum atomic E-state index is 0.254. The number of anilines is 2. The first kappa shape index (κ1) is 12.9. The maximum atomic E-state index is 6.08. The van der Waals surface area contributed by atoms with Crippen LogP contribution in [0.5, 0.6) is 0 Å². The Labute approximate surface area is 115 Å². The summed E-state index contributed by atoms with van der Waals surface area (Å²) in [5.74, 6) is 0.956. The van der Waals surface area contributed by atoms with E-state index in [-0.39, 0.29) is 5.95 Å². The fourth-order valence-corrected chi connectivity index (χ4v) is 2.02. The monoisotopic (exact) mass is 282 g/mol. The number of hydrogen-bond donors (Lipinski definition) is 2. The highest BCUT2D eigenvalue weighted by molar-refractivity contribution is 6.35. The minimum Gasteiger partial charge on any atom is -0.370 e. The maximum Gasteiger partial charge on any atom is 0.221 e. The lowest BCUT2D eigenvalue weighted by molar-refractivity contribution is 1.00. The van der Waals surface area contributed by atoms with E-state index in [1.807, 2.05) is 12.1 Å². The van der Waals surface area contributed by atoms with Gasteiger partial charge >= 0.3 is 0 Å². The topological polar surface area (TPSA) is 63.8 Å². The standard InChI is InChI=1S/C12H12Cl2N4/c13-9-2-1-8(10(14)7-9)3-5-16-11-4-6-17-12(15)18-11/h1-2,4,6-7H,3,5H2,(H3,15,16,17,18). The molecule has 0 saturated carbocycles. The summed E-state index contributed by atoms with van der Waals surface area (Å²) in [6.45, 7) is 0.706. The third-order valence-electron chi connectivity index (χ3n) is 2.39. The zero-order valence-corrected chi connectivity index (χ0v) is 11.0. The molecular formula is C12H12Cl2N4.